The Bertz CT molecular complexity index is 438. The third kappa shape index (κ3) is 1.84. The molecule has 3 fully saturated rings. The lowest BCUT2D eigenvalue weighted by Crippen LogP contribution is -2.61. The first kappa shape index (κ1) is 15.3. The Labute approximate surface area is 127 Å². The number of carbonyl (C=O) groups is 1. The Morgan fingerprint density at radius 3 is 2.62 bits per heavy atom. The van der Waals surface area contributed by atoms with E-state index in [4.69, 9.17) is 4.74 Å². The van der Waals surface area contributed by atoms with Gasteiger partial charge in [-0.25, -0.2) is 0 Å². The molecule has 0 spiro atoms. The first-order chi connectivity index (χ1) is 9.83. The molecule has 2 aliphatic carbocycles. The van der Waals surface area contributed by atoms with E-state index < -0.39 is 6.10 Å². The van der Waals surface area contributed by atoms with E-state index in [0.717, 1.165) is 13.0 Å². The van der Waals surface area contributed by atoms with Crippen molar-refractivity contribution in [2.45, 2.75) is 45.8 Å². The monoisotopic (exact) mass is 295 g/mol. The fraction of sp³-hybridized carbons (Fsp3) is 0.941. The fourth-order valence-electron chi connectivity index (χ4n) is 6.14. The molecule has 1 saturated heterocycles. The number of aliphatic hydroxyl groups excluding tert-OH is 1. The molecular weight excluding hydrogens is 266 g/mol. The summed E-state index contributed by atoms with van der Waals surface area (Å²) >= 11 is 0. The van der Waals surface area contributed by atoms with Crippen LogP contribution in [0.3, 0.4) is 0 Å². The predicted molar refractivity (Wildman–Crippen MR) is 80.6 cm³/mol. The number of esters is 1. The van der Waals surface area contributed by atoms with Gasteiger partial charge in [-0.15, -0.1) is 0 Å². The number of likely N-dealkylation sites (tertiary alicyclic amines) is 1. The van der Waals surface area contributed by atoms with Gasteiger partial charge in [0.2, 0.25) is 0 Å². The van der Waals surface area contributed by atoms with Gasteiger partial charge in [-0.05, 0) is 43.1 Å². The van der Waals surface area contributed by atoms with Crippen LogP contribution in [0.25, 0.3) is 0 Å². The van der Waals surface area contributed by atoms with Gasteiger partial charge in [-0.2, -0.15) is 0 Å². The lowest BCUT2D eigenvalue weighted by molar-refractivity contribution is -0.171. The number of carbonyl (C=O) groups excluding carboxylic acids is 1. The van der Waals surface area contributed by atoms with Crippen molar-refractivity contribution in [2.75, 3.05) is 20.7 Å². The normalized spacial score (nSPS) is 49.5. The van der Waals surface area contributed by atoms with Crippen LogP contribution in [0.1, 0.15) is 33.6 Å². The number of rotatable bonds is 2. The van der Waals surface area contributed by atoms with Crippen LogP contribution in [0.15, 0.2) is 0 Å². The van der Waals surface area contributed by atoms with E-state index in [0.29, 0.717) is 11.8 Å². The van der Waals surface area contributed by atoms with Crippen molar-refractivity contribution in [3.8, 4) is 0 Å². The number of methoxy groups -OCH3 is 1. The molecule has 0 aromatic heterocycles. The minimum Gasteiger partial charge on any atom is -0.469 e. The molecule has 120 valence electrons. The maximum Gasteiger partial charge on any atom is 0.309 e. The molecule has 0 aromatic carbocycles. The van der Waals surface area contributed by atoms with Crippen molar-refractivity contribution in [1.82, 2.24) is 4.90 Å². The van der Waals surface area contributed by atoms with Crippen molar-refractivity contribution < 1.29 is 14.6 Å². The predicted octanol–water partition coefficient (Wildman–Crippen LogP) is 1.77. The number of nitrogens with zero attached hydrogens (tertiary/aromatic N) is 1. The third-order valence-corrected chi connectivity index (χ3v) is 6.93. The Hall–Kier alpha value is -0.610. The number of aliphatic hydroxyl groups is 1. The molecule has 0 amide bonds. The smallest absolute Gasteiger partial charge is 0.309 e. The molecule has 1 aliphatic heterocycles. The maximum atomic E-state index is 12.5. The summed E-state index contributed by atoms with van der Waals surface area (Å²) in [6.07, 6.45) is 1.83. The molecule has 4 heteroatoms. The molecule has 2 saturated carbocycles. The summed E-state index contributed by atoms with van der Waals surface area (Å²) in [7, 11) is 3.61. The second-order valence-electron chi connectivity index (χ2n) is 7.99. The van der Waals surface area contributed by atoms with Crippen LogP contribution in [-0.2, 0) is 9.53 Å². The van der Waals surface area contributed by atoms with E-state index in [1.54, 1.807) is 0 Å². The molecule has 0 radical (unpaired) electrons. The first-order valence-corrected chi connectivity index (χ1v) is 8.30. The van der Waals surface area contributed by atoms with Gasteiger partial charge < -0.3 is 9.84 Å². The molecule has 1 N–H and O–H groups in total. The van der Waals surface area contributed by atoms with Crippen LogP contribution in [0.5, 0.6) is 0 Å². The van der Waals surface area contributed by atoms with E-state index >= 15 is 0 Å². The van der Waals surface area contributed by atoms with Crippen LogP contribution in [-0.4, -0.2) is 48.8 Å². The summed E-state index contributed by atoms with van der Waals surface area (Å²) in [6, 6.07) is 0.184. The number of hydrogen-bond donors (Lipinski definition) is 1. The Kier molecular flexibility index (Phi) is 3.61. The molecular formula is C17H29NO3. The van der Waals surface area contributed by atoms with Gasteiger partial charge in [0, 0.05) is 18.5 Å². The van der Waals surface area contributed by atoms with Crippen molar-refractivity contribution in [3.05, 3.63) is 0 Å². The van der Waals surface area contributed by atoms with Gasteiger partial charge in [0.05, 0.1) is 19.1 Å². The summed E-state index contributed by atoms with van der Waals surface area (Å²) in [5.41, 5.74) is 0.0540. The number of hydrogen-bond acceptors (Lipinski definition) is 4. The van der Waals surface area contributed by atoms with Gasteiger partial charge in [0.1, 0.15) is 0 Å². The van der Waals surface area contributed by atoms with Gasteiger partial charge in [0.15, 0.2) is 0 Å². The zero-order chi connectivity index (χ0) is 15.5. The summed E-state index contributed by atoms with van der Waals surface area (Å²) in [5.74, 6) is 0.963. The Morgan fingerprint density at radius 1 is 1.38 bits per heavy atom. The highest BCUT2D eigenvalue weighted by atomic mass is 16.5. The van der Waals surface area contributed by atoms with Crippen LogP contribution < -0.4 is 0 Å². The topological polar surface area (TPSA) is 49.8 Å². The standard InChI is InChI=1S/C17H29NO3/c1-9(2)12-13(16(20)21-5)11-7-6-10-8-18(4)15(14(12)19)17(10,11)3/h9-15,19H,6-8H2,1-5H3/t10-,11+,12+,13-,14-,15?,17+/m1/s1. The number of ether oxygens (including phenoxy) is 1. The Balaban J connectivity index is 2.07. The van der Waals surface area contributed by atoms with E-state index in [9.17, 15) is 9.90 Å². The van der Waals surface area contributed by atoms with Gasteiger partial charge in [-0.3, -0.25) is 9.69 Å². The zero-order valence-corrected chi connectivity index (χ0v) is 13.9. The minimum absolute atomic E-state index is 0.000162. The average molecular weight is 295 g/mol. The molecule has 3 rings (SSSR count). The van der Waals surface area contributed by atoms with Crippen molar-refractivity contribution in [1.29, 1.82) is 0 Å². The molecule has 0 aromatic rings. The van der Waals surface area contributed by atoms with Gasteiger partial charge in [-0.1, -0.05) is 20.8 Å². The van der Waals surface area contributed by atoms with E-state index in [1.807, 2.05) is 0 Å². The lowest BCUT2D eigenvalue weighted by Gasteiger charge is -2.53. The van der Waals surface area contributed by atoms with Gasteiger partial charge in [0.25, 0.3) is 0 Å². The van der Waals surface area contributed by atoms with E-state index in [-0.39, 0.29) is 35.2 Å². The summed E-state index contributed by atoms with van der Waals surface area (Å²) in [4.78, 5) is 14.8. The summed E-state index contributed by atoms with van der Waals surface area (Å²) in [6.45, 7) is 7.59. The van der Waals surface area contributed by atoms with Crippen LogP contribution in [0, 0.1) is 35.0 Å². The molecule has 4 nitrogen and oxygen atoms in total. The Morgan fingerprint density at radius 2 is 2.05 bits per heavy atom. The quantitative estimate of drug-likeness (QED) is 0.789. The van der Waals surface area contributed by atoms with Crippen LogP contribution in [0.4, 0.5) is 0 Å². The third-order valence-electron chi connectivity index (χ3n) is 6.93. The molecule has 3 aliphatic rings. The highest BCUT2D eigenvalue weighted by molar-refractivity contribution is 5.74. The second-order valence-corrected chi connectivity index (χ2v) is 7.99. The van der Waals surface area contributed by atoms with Crippen molar-refractivity contribution >= 4 is 5.97 Å². The number of likely N-dealkylation sites (N-methyl/N-ethyl adjacent to an activating group) is 1. The van der Waals surface area contributed by atoms with E-state index in [1.165, 1.54) is 13.5 Å². The molecule has 1 unspecified atom stereocenters. The van der Waals surface area contributed by atoms with Crippen molar-refractivity contribution in [2.24, 2.45) is 35.0 Å². The SMILES string of the molecule is COC(=O)[C@H]1[C@H](C(C)C)[C@@H](O)C2N(C)C[C@H]3CC[C@@H]1[C@@]23C. The maximum absolute atomic E-state index is 12.5. The summed E-state index contributed by atoms with van der Waals surface area (Å²) in [5, 5.41) is 11.1. The largest absolute Gasteiger partial charge is 0.469 e. The second kappa shape index (κ2) is 4.95. The molecule has 7 atom stereocenters. The fourth-order valence-corrected chi connectivity index (χ4v) is 6.14. The highest BCUT2D eigenvalue weighted by Gasteiger charge is 2.67. The van der Waals surface area contributed by atoms with Gasteiger partial charge >= 0.3 is 5.97 Å². The molecule has 21 heavy (non-hydrogen) atoms. The van der Waals surface area contributed by atoms with Crippen LogP contribution >= 0.6 is 0 Å². The first-order valence-electron chi connectivity index (χ1n) is 8.30. The van der Waals surface area contributed by atoms with Crippen LogP contribution in [0.2, 0.25) is 0 Å². The zero-order valence-electron chi connectivity index (χ0n) is 13.9. The summed E-state index contributed by atoms with van der Waals surface area (Å²) < 4.78 is 5.13. The lowest BCUT2D eigenvalue weighted by atomic mass is 9.54. The highest BCUT2D eigenvalue weighted by Crippen LogP contribution is 2.64. The van der Waals surface area contributed by atoms with E-state index in [2.05, 4.69) is 32.7 Å². The molecule has 1 heterocycles. The van der Waals surface area contributed by atoms with Crippen molar-refractivity contribution in [3.63, 3.8) is 0 Å². The average Bonchev–Trinajstić information content (AvgIpc) is 2.85. The molecule has 0 bridgehead atoms. The minimum atomic E-state index is -0.441.